The van der Waals surface area contributed by atoms with Gasteiger partial charge in [0.25, 0.3) is 5.91 Å². The Morgan fingerprint density at radius 2 is 1.85 bits per heavy atom. The van der Waals surface area contributed by atoms with E-state index in [4.69, 9.17) is 15.0 Å². The molecule has 196 valence electrons. The third kappa shape index (κ3) is 3.75. The van der Waals surface area contributed by atoms with E-state index in [1.54, 1.807) is 15.7 Å². The molecule has 1 amide bonds. The summed E-state index contributed by atoms with van der Waals surface area (Å²) in [6.07, 6.45) is 7.25. The number of carbonyl (C=O) groups is 1. The number of nitriles is 2. The van der Waals surface area contributed by atoms with Gasteiger partial charge in [-0.15, -0.1) is 0 Å². The van der Waals surface area contributed by atoms with Crippen LogP contribution in [0.5, 0.6) is 11.6 Å². The molecule has 1 N–H and O–H groups in total. The lowest BCUT2D eigenvalue weighted by Gasteiger charge is -2.66. The van der Waals surface area contributed by atoms with Crippen LogP contribution in [-0.4, -0.2) is 31.2 Å². The van der Waals surface area contributed by atoms with Crippen molar-refractivity contribution in [1.29, 1.82) is 10.5 Å². The molecule has 1 atom stereocenters. The van der Waals surface area contributed by atoms with Gasteiger partial charge in [0, 0.05) is 24.9 Å². The first-order valence-electron chi connectivity index (χ1n) is 12.9. The van der Waals surface area contributed by atoms with E-state index >= 15 is 0 Å². The highest BCUT2D eigenvalue weighted by Gasteiger charge is 2.69. The number of nitrogens with one attached hydrogen (secondary N) is 1. The van der Waals surface area contributed by atoms with Crippen LogP contribution in [-0.2, 0) is 7.05 Å². The quantitative estimate of drug-likeness (QED) is 0.447. The Bertz CT molecular complexity index is 1630. The molecule has 1 aromatic carbocycles. The Kier molecular flexibility index (Phi) is 5.31. The summed E-state index contributed by atoms with van der Waals surface area (Å²) in [6, 6.07) is 7.94. The van der Waals surface area contributed by atoms with Crippen molar-refractivity contribution < 1.29 is 9.53 Å². The smallest absolute Gasteiger partial charge is 0.278 e. The second-order valence-electron chi connectivity index (χ2n) is 11.1. The monoisotopic (exact) mass is 520 g/mol. The molecule has 3 saturated carbocycles. The molecule has 3 heterocycles. The maximum atomic E-state index is 13.8. The molecule has 2 bridgehead atoms. The highest BCUT2D eigenvalue weighted by atomic mass is 16.5. The summed E-state index contributed by atoms with van der Waals surface area (Å²) in [4.78, 5) is 25.0. The van der Waals surface area contributed by atoms with Crippen LogP contribution < -0.4 is 15.0 Å². The van der Waals surface area contributed by atoms with Gasteiger partial charge in [0.2, 0.25) is 11.8 Å². The molecular formula is C29H28N8O2. The molecule has 3 aromatic rings. The molecule has 10 heteroatoms. The predicted octanol–water partition coefficient (Wildman–Crippen LogP) is 5.04. The molecule has 1 unspecified atom stereocenters. The molecule has 3 aliphatic carbocycles. The van der Waals surface area contributed by atoms with Crippen LogP contribution in [0.2, 0.25) is 0 Å². The molecule has 3 fully saturated rings. The number of allylic oxidation sites excluding steroid dienone is 1. The minimum absolute atomic E-state index is 0.214. The fourth-order valence-corrected chi connectivity index (χ4v) is 6.43. The van der Waals surface area contributed by atoms with Crippen molar-refractivity contribution in [2.24, 2.45) is 12.5 Å². The number of carbonyl (C=O) groups excluding carboxylic acids is 1. The van der Waals surface area contributed by atoms with Crippen molar-refractivity contribution in [2.45, 2.75) is 58.5 Å². The van der Waals surface area contributed by atoms with Crippen LogP contribution in [0.25, 0.3) is 6.08 Å². The number of benzene rings is 1. The van der Waals surface area contributed by atoms with Gasteiger partial charge in [-0.1, -0.05) is 0 Å². The minimum Gasteiger partial charge on any atom is -0.438 e. The van der Waals surface area contributed by atoms with Gasteiger partial charge in [-0.2, -0.15) is 20.6 Å². The predicted molar refractivity (Wildman–Crippen MR) is 144 cm³/mol. The summed E-state index contributed by atoms with van der Waals surface area (Å²) in [5.41, 5.74) is 4.56. The summed E-state index contributed by atoms with van der Waals surface area (Å²) in [5, 5.41) is 26.2. The number of fused-ring (bicyclic) bond motifs is 1. The van der Waals surface area contributed by atoms with E-state index in [0.717, 1.165) is 41.6 Å². The van der Waals surface area contributed by atoms with Gasteiger partial charge >= 0.3 is 0 Å². The van der Waals surface area contributed by atoms with Gasteiger partial charge in [0.05, 0.1) is 40.5 Å². The molecule has 0 radical (unpaired) electrons. The standard InChI is InChI=1S/C29H28N8O2/c1-16-9-20(7-6-8-30)10-17(2)24(16)39-25-22-19(4)37(21-11-36(5)35-18(21)3)26(38)23(22)32-27(33-25)34-29-12-28(13-29,14-29)15-31/h6-7,9-11,19H,12-14H2,1-5H3,(H,32,33,34)/b7-6+. The molecule has 7 rings (SSSR count). The molecule has 0 spiro atoms. The number of ether oxygens (including phenoxy) is 1. The van der Waals surface area contributed by atoms with Gasteiger partial charge in [0.15, 0.2) is 0 Å². The molecule has 10 nitrogen and oxygen atoms in total. The molecule has 0 saturated heterocycles. The van der Waals surface area contributed by atoms with Crippen LogP contribution in [0.15, 0.2) is 24.4 Å². The van der Waals surface area contributed by atoms with E-state index in [2.05, 4.69) is 21.5 Å². The van der Waals surface area contributed by atoms with Gasteiger partial charge in [-0.05, 0) is 81.9 Å². The topological polar surface area (TPSA) is 133 Å². The van der Waals surface area contributed by atoms with E-state index < -0.39 is 0 Å². The number of aromatic nitrogens is 4. The molecule has 1 aliphatic heterocycles. The Balaban J connectivity index is 1.42. The minimum atomic E-state index is -0.380. The molecule has 2 aromatic heterocycles. The first kappa shape index (κ1) is 24.6. The fraction of sp³-hybridized carbons (Fsp3) is 0.379. The number of anilines is 2. The lowest BCUT2D eigenvalue weighted by Crippen LogP contribution is -2.70. The summed E-state index contributed by atoms with van der Waals surface area (Å²) in [7, 11) is 1.82. The van der Waals surface area contributed by atoms with Crippen LogP contribution in [0.1, 0.15) is 70.7 Å². The summed E-state index contributed by atoms with van der Waals surface area (Å²) < 4.78 is 8.20. The largest absolute Gasteiger partial charge is 0.438 e. The van der Waals surface area contributed by atoms with Crippen molar-refractivity contribution in [3.63, 3.8) is 0 Å². The average molecular weight is 521 g/mol. The molecule has 4 aliphatic rings. The number of amides is 1. The highest BCUT2D eigenvalue weighted by molar-refractivity contribution is 6.10. The third-order valence-electron chi connectivity index (χ3n) is 8.06. The first-order chi connectivity index (χ1) is 18.6. The second kappa shape index (κ2) is 8.40. The molecular weight excluding hydrogens is 492 g/mol. The zero-order valence-corrected chi connectivity index (χ0v) is 22.5. The Morgan fingerprint density at radius 3 is 2.44 bits per heavy atom. The summed E-state index contributed by atoms with van der Waals surface area (Å²) >= 11 is 0. The number of aryl methyl sites for hydroxylation is 4. The van der Waals surface area contributed by atoms with Crippen molar-refractivity contribution in [2.75, 3.05) is 10.2 Å². The fourth-order valence-electron chi connectivity index (χ4n) is 6.43. The Hall–Kier alpha value is -4.70. The van der Waals surface area contributed by atoms with Gasteiger partial charge in [0.1, 0.15) is 11.4 Å². The van der Waals surface area contributed by atoms with Gasteiger partial charge in [-0.25, -0.2) is 4.98 Å². The second-order valence-corrected chi connectivity index (χ2v) is 11.1. The lowest BCUT2D eigenvalue weighted by molar-refractivity contribution is -0.0665. The van der Waals surface area contributed by atoms with E-state index in [-0.39, 0.29) is 22.9 Å². The maximum Gasteiger partial charge on any atom is 0.278 e. The summed E-state index contributed by atoms with van der Waals surface area (Å²) in [6.45, 7) is 7.69. The zero-order chi connectivity index (χ0) is 27.7. The number of hydrogen-bond donors (Lipinski definition) is 1. The van der Waals surface area contributed by atoms with E-state index in [9.17, 15) is 10.1 Å². The Morgan fingerprint density at radius 1 is 1.15 bits per heavy atom. The third-order valence-corrected chi connectivity index (χ3v) is 8.06. The zero-order valence-electron chi connectivity index (χ0n) is 22.5. The normalized spacial score (nSPS) is 24.5. The van der Waals surface area contributed by atoms with E-state index in [0.29, 0.717) is 34.5 Å². The van der Waals surface area contributed by atoms with Crippen molar-refractivity contribution in [3.05, 3.63) is 58.0 Å². The van der Waals surface area contributed by atoms with Crippen molar-refractivity contribution >= 4 is 23.6 Å². The Labute approximate surface area is 226 Å². The van der Waals surface area contributed by atoms with Crippen molar-refractivity contribution in [1.82, 2.24) is 19.7 Å². The van der Waals surface area contributed by atoms with Crippen LogP contribution in [0.3, 0.4) is 0 Å². The van der Waals surface area contributed by atoms with Crippen LogP contribution in [0, 0.1) is 48.8 Å². The average Bonchev–Trinajstić information content (AvgIpc) is 3.30. The number of hydrogen-bond acceptors (Lipinski definition) is 8. The van der Waals surface area contributed by atoms with Crippen LogP contribution >= 0.6 is 0 Å². The van der Waals surface area contributed by atoms with Gasteiger partial charge in [-0.3, -0.25) is 14.4 Å². The van der Waals surface area contributed by atoms with E-state index in [1.165, 1.54) is 6.08 Å². The SMILES string of the molecule is Cc1cc(/C=C/C#N)cc(C)c1Oc1nc(NC23CC(C#N)(C2)C3)nc2c1C(C)N(c1cn(C)nc1C)C2=O. The van der Waals surface area contributed by atoms with Gasteiger partial charge < -0.3 is 10.1 Å². The maximum absolute atomic E-state index is 13.8. The molecule has 39 heavy (non-hydrogen) atoms. The van der Waals surface area contributed by atoms with E-state index in [1.807, 2.05) is 59.1 Å². The van der Waals surface area contributed by atoms with Crippen LogP contribution in [0.4, 0.5) is 11.6 Å². The summed E-state index contributed by atoms with van der Waals surface area (Å²) in [5.74, 6) is 1.05. The first-order valence-corrected chi connectivity index (χ1v) is 12.9. The lowest BCUT2D eigenvalue weighted by atomic mass is 9.40. The number of rotatable bonds is 6. The van der Waals surface area contributed by atoms with Crippen molar-refractivity contribution in [3.8, 4) is 23.8 Å². The number of nitrogens with zero attached hydrogens (tertiary/aromatic N) is 7. The highest BCUT2D eigenvalue weighted by Crippen LogP contribution is 2.67.